The largest absolute Gasteiger partial charge is 0.381 e. The third-order valence-electron chi connectivity index (χ3n) is 1.73. The zero-order chi connectivity index (χ0) is 7.98. The Balaban J connectivity index is 3.40. The molecule has 0 bridgehead atoms. The summed E-state index contributed by atoms with van der Waals surface area (Å²) in [5.74, 6) is 0.623. The highest BCUT2D eigenvalue weighted by Gasteiger charge is 2.10. The van der Waals surface area contributed by atoms with Crippen molar-refractivity contribution in [3.63, 3.8) is 0 Å². The molecule has 0 fully saturated rings. The van der Waals surface area contributed by atoms with E-state index in [0.717, 1.165) is 13.0 Å². The van der Waals surface area contributed by atoms with Crippen LogP contribution in [0.1, 0.15) is 20.3 Å². The Bertz CT molecular complexity index is 73.7. The number of nitrogens with one attached hydrogen (secondary N) is 1. The lowest BCUT2D eigenvalue weighted by Gasteiger charge is -2.18. The Morgan fingerprint density at radius 3 is 2.30 bits per heavy atom. The van der Waals surface area contributed by atoms with Crippen molar-refractivity contribution in [1.29, 1.82) is 0 Å². The molecule has 1 N–H and O–H groups in total. The van der Waals surface area contributed by atoms with Gasteiger partial charge in [0, 0.05) is 7.11 Å². The molecular formula is C8H19NO. The van der Waals surface area contributed by atoms with Gasteiger partial charge in [0.25, 0.3) is 0 Å². The fraction of sp³-hybridized carbons (Fsp3) is 1.00. The molecule has 2 nitrogen and oxygen atoms in total. The Kier molecular flexibility index (Phi) is 5.64. The predicted molar refractivity (Wildman–Crippen MR) is 44.2 cm³/mol. The molecule has 0 aliphatic rings. The molecule has 0 saturated carbocycles. The SMILES string of the molecule is CNCCC(OC)C(C)C. The van der Waals surface area contributed by atoms with Gasteiger partial charge in [0.15, 0.2) is 0 Å². The Morgan fingerprint density at radius 1 is 1.40 bits per heavy atom. The van der Waals surface area contributed by atoms with Crippen LogP contribution in [0.5, 0.6) is 0 Å². The lowest BCUT2D eigenvalue weighted by Crippen LogP contribution is -2.23. The van der Waals surface area contributed by atoms with E-state index in [4.69, 9.17) is 4.74 Å². The molecule has 0 aromatic carbocycles. The normalized spacial score (nSPS) is 14.1. The van der Waals surface area contributed by atoms with E-state index in [9.17, 15) is 0 Å². The number of ether oxygens (including phenoxy) is 1. The Hall–Kier alpha value is -0.0800. The van der Waals surface area contributed by atoms with E-state index in [1.807, 2.05) is 7.05 Å². The quantitative estimate of drug-likeness (QED) is 0.629. The minimum absolute atomic E-state index is 0.410. The molecule has 0 radical (unpaired) electrons. The van der Waals surface area contributed by atoms with Gasteiger partial charge in [-0.15, -0.1) is 0 Å². The molecule has 0 aromatic heterocycles. The van der Waals surface area contributed by atoms with Gasteiger partial charge in [0.1, 0.15) is 0 Å². The van der Waals surface area contributed by atoms with Crippen LogP contribution < -0.4 is 5.32 Å². The van der Waals surface area contributed by atoms with Gasteiger partial charge in [0.05, 0.1) is 6.10 Å². The van der Waals surface area contributed by atoms with Crippen molar-refractivity contribution < 1.29 is 4.74 Å². The first kappa shape index (κ1) is 9.92. The number of hydrogen-bond donors (Lipinski definition) is 1. The molecule has 0 rings (SSSR count). The van der Waals surface area contributed by atoms with Crippen LogP contribution in [-0.4, -0.2) is 26.8 Å². The van der Waals surface area contributed by atoms with Crippen LogP contribution in [0.2, 0.25) is 0 Å². The second-order valence-corrected chi connectivity index (χ2v) is 2.91. The van der Waals surface area contributed by atoms with E-state index in [0.29, 0.717) is 12.0 Å². The van der Waals surface area contributed by atoms with Gasteiger partial charge in [-0.25, -0.2) is 0 Å². The maximum Gasteiger partial charge on any atom is 0.0606 e. The molecule has 0 aliphatic carbocycles. The number of rotatable bonds is 5. The van der Waals surface area contributed by atoms with Gasteiger partial charge in [-0.3, -0.25) is 0 Å². The summed E-state index contributed by atoms with van der Waals surface area (Å²) in [6.07, 6.45) is 1.51. The Morgan fingerprint density at radius 2 is 2.00 bits per heavy atom. The molecule has 1 atom stereocenters. The fourth-order valence-corrected chi connectivity index (χ4v) is 1.01. The van der Waals surface area contributed by atoms with E-state index >= 15 is 0 Å². The molecule has 0 spiro atoms. The van der Waals surface area contributed by atoms with Crippen molar-refractivity contribution in [2.45, 2.75) is 26.4 Å². The van der Waals surface area contributed by atoms with Crippen molar-refractivity contribution in [2.24, 2.45) is 5.92 Å². The number of hydrogen-bond acceptors (Lipinski definition) is 2. The van der Waals surface area contributed by atoms with Gasteiger partial charge in [0.2, 0.25) is 0 Å². The van der Waals surface area contributed by atoms with E-state index in [-0.39, 0.29) is 0 Å². The molecule has 0 heterocycles. The molecule has 10 heavy (non-hydrogen) atoms. The molecule has 0 aromatic rings. The predicted octanol–water partition coefficient (Wildman–Crippen LogP) is 1.27. The highest BCUT2D eigenvalue weighted by atomic mass is 16.5. The third-order valence-corrected chi connectivity index (χ3v) is 1.73. The molecule has 62 valence electrons. The molecular weight excluding hydrogens is 126 g/mol. The van der Waals surface area contributed by atoms with E-state index < -0.39 is 0 Å². The third kappa shape index (κ3) is 3.85. The average molecular weight is 145 g/mol. The lowest BCUT2D eigenvalue weighted by atomic mass is 10.0. The van der Waals surface area contributed by atoms with Crippen LogP contribution >= 0.6 is 0 Å². The zero-order valence-corrected chi connectivity index (χ0v) is 7.48. The highest BCUT2D eigenvalue weighted by Crippen LogP contribution is 2.08. The van der Waals surface area contributed by atoms with Crippen LogP contribution in [-0.2, 0) is 4.74 Å². The van der Waals surface area contributed by atoms with E-state index in [2.05, 4.69) is 19.2 Å². The second-order valence-electron chi connectivity index (χ2n) is 2.91. The minimum atomic E-state index is 0.410. The maximum atomic E-state index is 5.27. The van der Waals surface area contributed by atoms with Crippen molar-refractivity contribution >= 4 is 0 Å². The van der Waals surface area contributed by atoms with E-state index in [1.54, 1.807) is 7.11 Å². The van der Waals surface area contributed by atoms with Crippen molar-refractivity contribution in [2.75, 3.05) is 20.7 Å². The second kappa shape index (κ2) is 5.69. The van der Waals surface area contributed by atoms with Gasteiger partial charge in [-0.05, 0) is 25.9 Å². The summed E-state index contributed by atoms with van der Waals surface area (Å²) < 4.78 is 5.27. The van der Waals surface area contributed by atoms with Crippen LogP contribution in [0.4, 0.5) is 0 Å². The fourth-order valence-electron chi connectivity index (χ4n) is 1.01. The smallest absolute Gasteiger partial charge is 0.0606 e. The highest BCUT2D eigenvalue weighted by molar-refractivity contribution is 4.62. The summed E-state index contributed by atoms with van der Waals surface area (Å²) in [5.41, 5.74) is 0. The van der Waals surface area contributed by atoms with Gasteiger partial charge >= 0.3 is 0 Å². The number of methoxy groups -OCH3 is 1. The first-order valence-corrected chi connectivity index (χ1v) is 3.89. The molecule has 0 saturated heterocycles. The first-order chi connectivity index (χ1) is 4.72. The van der Waals surface area contributed by atoms with Gasteiger partial charge in [-0.2, -0.15) is 0 Å². The van der Waals surface area contributed by atoms with Crippen LogP contribution in [0, 0.1) is 5.92 Å². The standard InChI is InChI=1S/C8H19NO/c1-7(2)8(10-4)5-6-9-3/h7-9H,5-6H2,1-4H3. The molecule has 2 heteroatoms. The van der Waals surface area contributed by atoms with Crippen LogP contribution in [0.15, 0.2) is 0 Å². The van der Waals surface area contributed by atoms with E-state index in [1.165, 1.54) is 0 Å². The lowest BCUT2D eigenvalue weighted by molar-refractivity contribution is 0.0587. The van der Waals surface area contributed by atoms with Gasteiger partial charge < -0.3 is 10.1 Å². The molecule has 0 aliphatic heterocycles. The summed E-state index contributed by atoms with van der Waals surface area (Å²) in [7, 11) is 3.74. The van der Waals surface area contributed by atoms with Crippen molar-refractivity contribution in [3.05, 3.63) is 0 Å². The summed E-state index contributed by atoms with van der Waals surface area (Å²) >= 11 is 0. The van der Waals surface area contributed by atoms with Crippen molar-refractivity contribution in [1.82, 2.24) is 5.32 Å². The summed E-state index contributed by atoms with van der Waals surface area (Å²) in [5, 5.41) is 3.11. The average Bonchev–Trinajstić information content (AvgIpc) is 1.89. The zero-order valence-electron chi connectivity index (χ0n) is 7.48. The molecule has 0 amide bonds. The summed E-state index contributed by atoms with van der Waals surface area (Å²) in [6, 6.07) is 0. The van der Waals surface area contributed by atoms with Crippen molar-refractivity contribution in [3.8, 4) is 0 Å². The maximum absolute atomic E-state index is 5.27. The Labute approximate surface area is 64.0 Å². The first-order valence-electron chi connectivity index (χ1n) is 3.89. The summed E-state index contributed by atoms with van der Waals surface area (Å²) in [6.45, 7) is 5.41. The minimum Gasteiger partial charge on any atom is -0.381 e. The molecule has 1 unspecified atom stereocenters. The van der Waals surface area contributed by atoms with Crippen LogP contribution in [0.25, 0.3) is 0 Å². The summed E-state index contributed by atoms with van der Waals surface area (Å²) in [4.78, 5) is 0. The monoisotopic (exact) mass is 145 g/mol. The topological polar surface area (TPSA) is 21.3 Å². The van der Waals surface area contributed by atoms with Crippen LogP contribution in [0.3, 0.4) is 0 Å². The van der Waals surface area contributed by atoms with Gasteiger partial charge in [-0.1, -0.05) is 13.8 Å².